The molecule has 0 heterocycles. The number of ether oxygens (including phenoxy) is 1. The molecule has 0 rings (SSSR count). The highest BCUT2D eigenvalue weighted by molar-refractivity contribution is 7.80. The summed E-state index contributed by atoms with van der Waals surface area (Å²) < 4.78 is 5.01. The van der Waals surface area contributed by atoms with Gasteiger partial charge in [-0.25, -0.2) is 0 Å². The molecule has 0 amide bonds. The van der Waals surface area contributed by atoms with Gasteiger partial charge in [0.1, 0.15) is 0 Å². The minimum atomic E-state index is -0.125. The smallest absolute Gasteiger partial charge is 0.306 e. The van der Waals surface area contributed by atoms with Crippen molar-refractivity contribution in [2.75, 3.05) is 18.1 Å². The van der Waals surface area contributed by atoms with E-state index in [1.807, 2.05) is 0 Å². The zero-order chi connectivity index (χ0) is 11.4. The number of unbranched alkanes of at least 4 members (excludes halogenated alkanes) is 5. The lowest BCUT2D eigenvalue weighted by Gasteiger charge is -2.03. The summed E-state index contributed by atoms with van der Waals surface area (Å²) in [6.07, 6.45) is 7.54. The predicted molar refractivity (Wildman–Crippen MR) is 71.0 cm³/mol. The maximum atomic E-state index is 10.9. The topological polar surface area (TPSA) is 26.3 Å². The van der Waals surface area contributed by atoms with E-state index in [0.717, 1.165) is 18.6 Å². The average molecular weight is 250 g/mol. The Balaban J connectivity index is 3.01. The molecule has 0 aromatic rings. The van der Waals surface area contributed by atoms with Crippen molar-refractivity contribution < 1.29 is 9.53 Å². The highest BCUT2D eigenvalue weighted by atomic mass is 32.1. The van der Waals surface area contributed by atoms with Crippen LogP contribution >= 0.6 is 25.3 Å². The maximum Gasteiger partial charge on any atom is 0.306 e. The molecule has 0 aromatic carbocycles. The van der Waals surface area contributed by atoms with Crippen LogP contribution in [-0.2, 0) is 9.53 Å². The first-order chi connectivity index (χ1) is 7.31. The summed E-state index contributed by atoms with van der Waals surface area (Å²) in [4.78, 5) is 10.9. The zero-order valence-electron chi connectivity index (χ0n) is 9.28. The highest BCUT2D eigenvalue weighted by Crippen LogP contribution is 2.06. The average Bonchev–Trinajstić information content (AvgIpc) is 2.22. The Morgan fingerprint density at radius 3 is 2.07 bits per heavy atom. The van der Waals surface area contributed by atoms with Crippen LogP contribution in [0.25, 0.3) is 0 Å². The SMILES string of the molecule is O=C(CCS)OCCCCCCCCS. The van der Waals surface area contributed by atoms with Gasteiger partial charge in [0.15, 0.2) is 0 Å². The van der Waals surface area contributed by atoms with Gasteiger partial charge >= 0.3 is 5.97 Å². The van der Waals surface area contributed by atoms with Gasteiger partial charge in [-0.05, 0) is 18.6 Å². The number of carbonyl (C=O) groups is 1. The molecule has 0 unspecified atom stereocenters. The van der Waals surface area contributed by atoms with Crippen LogP contribution in [0.15, 0.2) is 0 Å². The summed E-state index contributed by atoms with van der Waals surface area (Å²) in [6, 6.07) is 0. The summed E-state index contributed by atoms with van der Waals surface area (Å²) in [5.74, 6) is 1.43. The van der Waals surface area contributed by atoms with Crippen molar-refractivity contribution in [3.05, 3.63) is 0 Å². The van der Waals surface area contributed by atoms with Gasteiger partial charge in [-0.1, -0.05) is 25.7 Å². The fourth-order valence-corrected chi connectivity index (χ4v) is 1.68. The monoisotopic (exact) mass is 250 g/mol. The zero-order valence-corrected chi connectivity index (χ0v) is 11.1. The molecule has 15 heavy (non-hydrogen) atoms. The Kier molecular flexibility index (Phi) is 12.4. The van der Waals surface area contributed by atoms with E-state index in [1.54, 1.807) is 0 Å². The summed E-state index contributed by atoms with van der Waals surface area (Å²) in [6.45, 7) is 0.569. The molecular formula is C11H22O2S2. The van der Waals surface area contributed by atoms with E-state index in [0.29, 0.717) is 18.8 Å². The summed E-state index contributed by atoms with van der Waals surface area (Å²) in [5.41, 5.74) is 0. The third kappa shape index (κ3) is 12.1. The molecule has 0 saturated heterocycles. The van der Waals surface area contributed by atoms with E-state index in [1.165, 1.54) is 25.7 Å². The molecule has 0 atom stereocenters. The Bertz CT molecular complexity index is 152. The van der Waals surface area contributed by atoms with Crippen molar-refractivity contribution >= 4 is 31.2 Å². The molecular weight excluding hydrogens is 228 g/mol. The lowest BCUT2D eigenvalue weighted by molar-refractivity contribution is -0.143. The van der Waals surface area contributed by atoms with Crippen molar-refractivity contribution in [2.45, 2.75) is 44.9 Å². The van der Waals surface area contributed by atoms with Gasteiger partial charge in [-0.2, -0.15) is 25.3 Å². The molecule has 0 aliphatic rings. The van der Waals surface area contributed by atoms with Crippen LogP contribution in [-0.4, -0.2) is 24.1 Å². The molecule has 4 heteroatoms. The molecule has 0 aliphatic heterocycles. The van der Waals surface area contributed by atoms with Crippen molar-refractivity contribution in [1.29, 1.82) is 0 Å². The van der Waals surface area contributed by atoms with Crippen LogP contribution in [0.5, 0.6) is 0 Å². The van der Waals surface area contributed by atoms with Crippen LogP contribution in [0.1, 0.15) is 44.9 Å². The molecule has 0 saturated carbocycles. The van der Waals surface area contributed by atoms with Crippen LogP contribution in [0, 0.1) is 0 Å². The highest BCUT2D eigenvalue weighted by Gasteiger charge is 1.99. The van der Waals surface area contributed by atoms with E-state index >= 15 is 0 Å². The molecule has 0 fully saturated rings. The molecule has 90 valence electrons. The van der Waals surface area contributed by atoms with E-state index in [9.17, 15) is 4.79 Å². The normalized spacial score (nSPS) is 10.3. The van der Waals surface area contributed by atoms with Crippen LogP contribution < -0.4 is 0 Å². The summed E-state index contributed by atoms with van der Waals surface area (Å²) >= 11 is 8.12. The van der Waals surface area contributed by atoms with Crippen LogP contribution in [0.2, 0.25) is 0 Å². The molecule has 0 spiro atoms. The van der Waals surface area contributed by atoms with Gasteiger partial charge in [0.2, 0.25) is 0 Å². The third-order valence-corrected chi connectivity index (χ3v) is 2.67. The fourth-order valence-electron chi connectivity index (χ4n) is 1.27. The molecule has 2 nitrogen and oxygen atoms in total. The Morgan fingerprint density at radius 2 is 1.47 bits per heavy atom. The molecule has 0 aromatic heterocycles. The van der Waals surface area contributed by atoms with E-state index in [2.05, 4.69) is 25.3 Å². The first kappa shape index (κ1) is 15.2. The van der Waals surface area contributed by atoms with Gasteiger partial charge < -0.3 is 4.74 Å². The largest absolute Gasteiger partial charge is 0.466 e. The molecule has 0 aliphatic carbocycles. The Morgan fingerprint density at radius 1 is 0.867 bits per heavy atom. The van der Waals surface area contributed by atoms with Crippen molar-refractivity contribution in [3.8, 4) is 0 Å². The molecule has 0 bridgehead atoms. The minimum Gasteiger partial charge on any atom is -0.466 e. The fraction of sp³-hybridized carbons (Fsp3) is 0.909. The maximum absolute atomic E-state index is 10.9. The number of esters is 1. The predicted octanol–water partition coefficient (Wildman–Crippen LogP) is 3.12. The Hall–Kier alpha value is 0.170. The second-order valence-electron chi connectivity index (χ2n) is 3.54. The van der Waals surface area contributed by atoms with E-state index < -0.39 is 0 Å². The van der Waals surface area contributed by atoms with E-state index in [-0.39, 0.29) is 5.97 Å². The second kappa shape index (κ2) is 12.2. The number of rotatable bonds is 10. The standard InChI is InChI=1S/C11H22O2S2/c12-11(7-10-15)13-8-5-3-1-2-4-6-9-14/h14-15H,1-10H2. The lowest BCUT2D eigenvalue weighted by atomic mass is 10.1. The summed E-state index contributed by atoms with van der Waals surface area (Å²) in [7, 11) is 0. The number of thiol groups is 2. The van der Waals surface area contributed by atoms with Gasteiger partial charge in [0.05, 0.1) is 13.0 Å². The Labute approximate surface area is 104 Å². The van der Waals surface area contributed by atoms with Crippen molar-refractivity contribution in [1.82, 2.24) is 0 Å². The van der Waals surface area contributed by atoms with Crippen LogP contribution in [0.4, 0.5) is 0 Å². The van der Waals surface area contributed by atoms with Crippen molar-refractivity contribution in [2.24, 2.45) is 0 Å². The quantitative estimate of drug-likeness (QED) is 0.354. The van der Waals surface area contributed by atoms with Crippen molar-refractivity contribution in [3.63, 3.8) is 0 Å². The van der Waals surface area contributed by atoms with Gasteiger partial charge in [-0.3, -0.25) is 4.79 Å². The van der Waals surface area contributed by atoms with Crippen LogP contribution in [0.3, 0.4) is 0 Å². The van der Waals surface area contributed by atoms with Gasteiger partial charge in [0.25, 0.3) is 0 Å². The first-order valence-corrected chi connectivity index (χ1v) is 6.95. The summed E-state index contributed by atoms with van der Waals surface area (Å²) in [5, 5.41) is 0. The number of carbonyl (C=O) groups excluding carboxylic acids is 1. The number of hydrogen-bond acceptors (Lipinski definition) is 4. The first-order valence-electron chi connectivity index (χ1n) is 5.68. The number of hydrogen-bond donors (Lipinski definition) is 2. The lowest BCUT2D eigenvalue weighted by Crippen LogP contribution is -2.06. The third-order valence-electron chi connectivity index (χ3n) is 2.13. The minimum absolute atomic E-state index is 0.125. The van der Waals surface area contributed by atoms with Gasteiger partial charge in [-0.15, -0.1) is 0 Å². The van der Waals surface area contributed by atoms with E-state index in [4.69, 9.17) is 4.74 Å². The molecule has 0 radical (unpaired) electrons. The molecule has 0 N–H and O–H groups in total. The van der Waals surface area contributed by atoms with Gasteiger partial charge in [0, 0.05) is 5.75 Å². The second-order valence-corrected chi connectivity index (χ2v) is 4.43.